The molecule has 1 fully saturated rings. The molecule has 22 heavy (non-hydrogen) atoms. The van der Waals surface area contributed by atoms with Gasteiger partial charge in [0.2, 0.25) is 0 Å². The Labute approximate surface area is 135 Å². The van der Waals surface area contributed by atoms with Crippen molar-refractivity contribution in [2.75, 3.05) is 31.6 Å². The lowest BCUT2D eigenvalue weighted by Gasteiger charge is -2.32. The number of aromatic nitrogens is 1. The molecule has 3 nitrogen and oxygen atoms in total. The smallest absolute Gasteiger partial charge is 0.132 e. The van der Waals surface area contributed by atoms with Gasteiger partial charge in [0, 0.05) is 25.8 Å². The number of rotatable bonds is 6. The topological polar surface area (TPSA) is 28.2 Å². The molecule has 2 aliphatic rings. The van der Waals surface area contributed by atoms with Crippen molar-refractivity contribution in [3.8, 4) is 0 Å². The minimum absolute atomic E-state index is 0.911. The molecule has 3 rings (SSSR count). The van der Waals surface area contributed by atoms with Crippen LogP contribution in [0.3, 0.4) is 0 Å². The van der Waals surface area contributed by atoms with Gasteiger partial charge in [-0.05, 0) is 55.3 Å². The first-order valence-corrected chi connectivity index (χ1v) is 9.22. The summed E-state index contributed by atoms with van der Waals surface area (Å²) >= 11 is 0. The Morgan fingerprint density at radius 3 is 2.82 bits per heavy atom. The van der Waals surface area contributed by atoms with Gasteiger partial charge in [-0.25, -0.2) is 4.98 Å². The Morgan fingerprint density at radius 2 is 2.09 bits per heavy atom. The van der Waals surface area contributed by atoms with E-state index in [9.17, 15) is 0 Å². The standard InChI is InChI=1S/C19H31N3/c1-3-17-16(13-15-7-4-5-8-15)14-21-19-18(17)9-6-11-22(19)12-10-20-2/h14-15,20H,3-13H2,1-2H3. The molecule has 0 bridgehead atoms. The molecule has 0 unspecified atom stereocenters. The van der Waals surface area contributed by atoms with E-state index in [2.05, 4.69) is 23.3 Å². The quantitative estimate of drug-likeness (QED) is 0.873. The number of hydrogen-bond donors (Lipinski definition) is 1. The maximum atomic E-state index is 4.90. The summed E-state index contributed by atoms with van der Waals surface area (Å²) in [7, 11) is 2.03. The van der Waals surface area contributed by atoms with Crippen molar-refractivity contribution in [1.82, 2.24) is 10.3 Å². The van der Waals surface area contributed by atoms with Crippen LogP contribution >= 0.6 is 0 Å². The number of likely N-dealkylation sites (N-methyl/N-ethyl adjacent to an activating group) is 1. The lowest BCUT2D eigenvalue weighted by molar-refractivity contribution is 0.541. The highest BCUT2D eigenvalue weighted by Gasteiger charge is 2.24. The Hall–Kier alpha value is -1.09. The van der Waals surface area contributed by atoms with Gasteiger partial charge in [0.25, 0.3) is 0 Å². The van der Waals surface area contributed by atoms with Crippen molar-refractivity contribution < 1.29 is 0 Å². The Balaban J connectivity index is 1.84. The molecule has 122 valence electrons. The predicted molar refractivity (Wildman–Crippen MR) is 93.7 cm³/mol. The van der Waals surface area contributed by atoms with Crippen molar-refractivity contribution in [3.05, 3.63) is 22.9 Å². The van der Waals surface area contributed by atoms with Gasteiger partial charge >= 0.3 is 0 Å². The zero-order valence-corrected chi connectivity index (χ0v) is 14.3. The average Bonchev–Trinajstić information content (AvgIpc) is 3.05. The first kappa shape index (κ1) is 15.8. The summed E-state index contributed by atoms with van der Waals surface area (Å²) < 4.78 is 0. The highest BCUT2D eigenvalue weighted by Crippen LogP contribution is 2.34. The second kappa shape index (κ2) is 7.45. The molecule has 0 radical (unpaired) electrons. The van der Waals surface area contributed by atoms with Gasteiger partial charge in [-0.1, -0.05) is 32.6 Å². The van der Waals surface area contributed by atoms with Gasteiger partial charge in [-0.15, -0.1) is 0 Å². The van der Waals surface area contributed by atoms with Crippen LogP contribution in [-0.2, 0) is 19.3 Å². The van der Waals surface area contributed by atoms with Crippen molar-refractivity contribution >= 4 is 5.82 Å². The molecular formula is C19H31N3. The largest absolute Gasteiger partial charge is 0.355 e. The second-order valence-electron chi connectivity index (χ2n) is 6.97. The average molecular weight is 301 g/mol. The molecule has 0 atom stereocenters. The summed E-state index contributed by atoms with van der Waals surface area (Å²) in [4.78, 5) is 7.38. The molecular weight excluding hydrogens is 270 g/mol. The lowest BCUT2D eigenvalue weighted by Crippen LogP contribution is -2.36. The Bertz CT molecular complexity index is 492. The van der Waals surface area contributed by atoms with Gasteiger partial charge in [0.05, 0.1) is 0 Å². The summed E-state index contributed by atoms with van der Waals surface area (Å²) in [5, 5.41) is 3.26. The van der Waals surface area contributed by atoms with Crippen LogP contribution in [0.4, 0.5) is 5.82 Å². The van der Waals surface area contributed by atoms with E-state index in [-0.39, 0.29) is 0 Å². The predicted octanol–water partition coefficient (Wildman–Crippen LogP) is 3.35. The molecule has 1 aromatic rings. The molecule has 1 saturated carbocycles. The van der Waals surface area contributed by atoms with Crippen LogP contribution in [0.25, 0.3) is 0 Å². The highest BCUT2D eigenvalue weighted by molar-refractivity contribution is 5.55. The Kier molecular flexibility index (Phi) is 5.35. The van der Waals surface area contributed by atoms with E-state index in [0.717, 1.165) is 32.0 Å². The van der Waals surface area contributed by atoms with Gasteiger partial charge in [0.1, 0.15) is 5.82 Å². The third-order valence-electron chi connectivity index (χ3n) is 5.49. The van der Waals surface area contributed by atoms with E-state index >= 15 is 0 Å². The summed E-state index contributed by atoms with van der Waals surface area (Å²) in [6, 6.07) is 0. The van der Waals surface area contributed by atoms with Crippen molar-refractivity contribution in [2.45, 2.75) is 58.3 Å². The maximum absolute atomic E-state index is 4.90. The van der Waals surface area contributed by atoms with Crippen molar-refractivity contribution in [3.63, 3.8) is 0 Å². The number of hydrogen-bond acceptors (Lipinski definition) is 3. The van der Waals surface area contributed by atoms with Crippen LogP contribution < -0.4 is 10.2 Å². The van der Waals surface area contributed by atoms with E-state index in [4.69, 9.17) is 4.98 Å². The Morgan fingerprint density at radius 1 is 1.27 bits per heavy atom. The fourth-order valence-corrected chi connectivity index (χ4v) is 4.32. The molecule has 1 aromatic heterocycles. The van der Waals surface area contributed by atoms with Crippen LogP contribution in [-0.4, -0.2) is 31.7 Å². The molecule has 0 amide bonds. The zero-order chi connectivity index (χ0) is 15.4. The number of pyridine rings is 1. The SMILES string of the molecule is CCc1c(CC2CCCC2)cnc2c1CCCN2CCNC. The van der Waals surface area contributed by atoms with Crippen LogP contribution in [0.2, 0.25) is 0 Å². The van der Waals surface area contributed by atoms with Crippen LogP contribution in [0.5, 0.6) is 0 Å². The van der Waals surface area contributed by atoms with Crippen molar-refractivity contribution in [2.24, 2.45) is 5.92 Å². The maximum Gasteiger partial charge on any atom is 0.132 e. The monoisotopic (exact) mass is 301 g/mol. The summed E-state index contributed by atoms with van der Waals surface area (Å²) in [6.45, 7) is 5.58. The van der Waals surface area contributed by atoms with Gasteiger partial charge in [-0.3, -0.25) is 0 Å². The molecule has 1 aliphatic carbocycles. The number of nitrogens with zero attached hydrogens (tertiary/aromatic N) is 2. The molecule has 1 aliphatic heterocycles. The van der Waals surface area contributed by atoms with Crippen LogP contribution in [0.1, 0.15) is 55.7 Å². The molecule has 0 saturated heterocycles. The van der Waals surface area contributed by atoms with Gasteiger partial charge in [0.15, 0.2) is 0 Å². The van der Waals surface area contributed by atoms with E-state index in [0.29, 0.717) is 0 Å². The number of anilines is 1. The first-order chi connectivity index (χ1) is 10.8. The highest BCUT2D eigenvalue weighted by atomic mass is 15.2. The summed E-state index contributed by atoms with van der Waals surface area (Å²) in [6.07, 6.45) is 12.8. The third kappa shape index (κ3) is 3.29. The van der Waals surface area contributed by atoms with Gasteiger partial charge in [-0.2, -0.15) is 0 Å². The number of fused-ring (bicyclic) bond motifs is 1. The van der Waals surface area contributed by atoms with Crippen LogP contribution in [0.15, 0.2) is 6.20 Å². The summed E-state index contributed by atoms with van der Waals surface area (Å²) in [5.41, 5.74) is 4.72. The minimum Gasteiger partial charge on any atom is -0.355 e. The van der Waals surface area contributed by atoms with E-state index in [1.807, 2.05) is 7.05 Å². The molecule has 1 N–H and O–H groups in total. The van der Waals surface area contributed by atoms with Crippen molar-refractivity contribution in [1.29, 1.82) is 0 Å². The lowest BCUT2D eigenvalue weighted by atomic mass is 9.89. The number of nitrogens with one attached hydrogen (secondary N) is 1. The van der Waals surface area contributed by atoms with E-state index in [1.165, 1.54) is 50.8 Å². The fourth-order valence-electron chi connectivity index (χ4n) is 4.32. The van der Waals surface area contributed by atoms with Crippen LogP contribution in [0, 0.1) is 5.92 Å². The van der Waals surface area contributed by atoms with E-state index < -0.39 is 0 Å². The van der Waals surface area contributed by atoms with E-state index in [1.54, 1.807) is 16.7 Å². The normalized spacial score (nSPS) is 18.7. The first-order valence-electron chi connectivity index (χ1n) is 9.22. The minimum atomic E-state index is 0.911. The third-order valence-corrected chi connectivity index (χ3v) is 5.49. The van der Waals surface area contributed by atoms with Gasteiger partial charge < -0.3 is 10.2 Å². The molecule has 0 spiro atoms. The summed E-state index contributed by atoms with van der Waals surface area (Å²) in [5.74, 6) is 2.18. The zero-order valence-electron chi connectivity index (χ0n) is 14.3. The molecule has 2 heterocycles. The molecule has 0 aromatic carbocycles. The molecule has 3 heteroatoms. The fraction of sp³-hybridized carbons (Fsp3) is 0.737. The second-order valence-corrected chi connectivity index (χ2v) is 6.97.